The SMILES string of the molecule is CCN1C[C@H](C(=O)N2CCCN(Cc3nccn3C)CC2)CC1=O. The van der Waals surface area contributed by atoms with E-state index in [1.54, 1.807) is 4.90 Å². The van der Waals surface area contributed by atoms with Crippen LogP contribution in [-0.2, 0) is 23.2 Å². The molecule has 0 N–H and O–H groups in total. The first-order valence-corrected chi connectivity index (χ1v) is 8.83. The van der Waals surface area contributed by atoms with Crippen molar-refractivity contribution in [1.82, 2.24) is 24.3 Å². The van der Waals surface area contributed by atoms with Crippen molar-refractivity contribution in [2.45, 2.75) is 26.3 Å². The molecule has 0 aromatic carbocycles. The van der Waals surface area contributed by atoms with E-state index in [0.29, 0.717) is 19.5 Å². The number of amides is 2. The minimum absolute atomic E-state index is 0.113. The first-order chi connectivity index (χ1) is 11.6. The Balaban J connectivity index is 1.54. The Bertz CT molecular complexity index is 600. The number of hydrogen-bond donors (Lipinski definition) is 0. The molecule has 0 radical (unpaired) electrons. The van der Waals surface area contributed by atoms with Crippen molar-refractivity contribution in [3.05, 3.63) is 18.2 Å². The topological polar surface area (TPSA) is 61.7 Å². The first kappa shape index (κ1) is 17.0. The Morgan fingerprint density at radius 1 is 1.29 bits per heavy atom. The smallest absolute Gasteiger partial charge is 0.228 e. The van der Waals surface area contributed by atoms with E-state index in [2.05, 4.69) is 9.88 Å². The fourth-order valence-electron chi connectivity index (χ4n) is 3.60. The zero-order chi connectivity index (χ0) is 17.1. The molecule has 7 heteroatoms. The van der Waals surface area contributed by atoms with Crippen molar-refractivity contribution in [3.8, 4) is 0 Å². The molecule has 0 unspecified atom stereocenters. The zero-order valence-corrected chi connectivity index (χ0v) is 14.6. The van der Waals surface area contributed by atoms with Gasteiger partial charge in [-0.15, -0.1) is 0 Å². The third-order valence-corrected chi connectivity index (χ3v) is 5.13. The highest BCUT2D eigenvalue weighted by molar-refractivity contribution is 5.89. The third kappa shape index (κ3) is 3.61. The van der Waals surface area contributed by atoms with E-state index in [4.69, 9.17) is 0 Å². The van der Waals surface area contributed by atoms with Crippen molar-refractivity contribution >= 4 is 11.8 Å². The van der Waals surface area contributed by atoms with Crippen LogP contribution in [0.3, 0.4) is 0 Å². The summed E-state index contributed by atoms with van der Waals surface area (Å²) in [7, 11) is 2.01. The van der Waals surface area contributed by atoms with Crippen molar-refractivity contribution < 1.29 is 9.59 Å². The maximum atomic E-state index is 12.8. The van der Waals surface area contributed by atoms with E-state index >= 15 is 0 Å². The molecule has 2 amide bonds. The summed E-state index contributed by atoms with van der Waals surface area (Å²) in [4.78, 5) is 35.1. The zero-order valence-electron chi connectivity index (χ0n) is 14.6. The average molecular weight is 333 g/mol. The van der Waals surface area contributed by atoms with Crippen LogP contribution in [0.2, 0.25) is 0 Å². The summed E-state index contributed by atoms with van der Waals surface area (Å²) in [6.45, 7) is 7.41. The van der Waals surface area contributed by atoms with E-state index in [0.717, 1.165) is 45.0 Å². The molecule has 1 atom stereocenters. The van der Waals surface area contributed by atoms with Crippen molar-refractivity contribution in [1.29, 1.82) is 0 Å². The highest BCUT2D eigenvalue weighted by atomic mass is 16.2. The van der Waals surface area contributed by atoms with Crippen LogP contribution in [0.1, 0.15) is 25.6 Å². The maximum absolute atomic E-state index is 12.8. The molecule has 0 bridgehead atoms. The predicted octanol–water partition coefficient (Wildman–Crippen LogP) is 0.323. The van der Waals surface area contributed by atoms with Crippen LogP contribution in [0.4, 0.5) is 0 Å². The van der Waals surface area contributed by atoms with E-state index in [1.165, 1.54) is 0 Å². The summed E-state index contributed by atoms with van der Waals surface area (Å²) in [5.41, 5.74) is 0. The molecule has 7 nitrogen and oxygen atoms in total. The second-order valence-corrected chi connectivity index (χ2v) is 6.74. The number of imidazole rings is 1. The number of carbonyl (C=O) groups is 2. The van der Waals surface area contributed by atoms with Gasteiger partial charge in [-0.3, -0.25) is 14.5 Å². The molecule has 3 heterocycles. The molecule has 0 saturated carbocycles. The van der Waals surface area contributed by atoms with Gasteiger partial charge in [-0.25, -0.2) is 4.98 Å². The fourth-order valence-corrected chi connectivity index (χ4v) is 3.60. The Hall–Kier alpha value is -1.89. The van der Waals surface area contributed by atoms with Crippen LogP contribution in [0.5, 0.6) is 0 Å². The number of aromatic nitrogens is 2. The largest absolute Gasteiger partial charge is 0.342 e. The third-order valence-electron chi connectivity index (χ3n) is 5.13. The second kappa shape index (κ2) is 7.34. The Morgan fingerprint density at radius 2 is 2.12 bits per heavy atom. The summed E-state index contributed by atoms with van der Waals surface area (Å²) in [5, 5.41) is 0. The summed E-state index contributed by atoms with van der Waals surface area (Å²) < 4.78 is 2.04. The van der Waals surface area contributed by atoms with Crippen molar-refractivity contribution in [3.63, 3.8) is 0 Å². The van der Waals surface area contributed by atoms with Gasteiger partial charge in [0.25, 0.3) is 0 Å². The van der Waals surface area contributed by atoms with Gasteiger partial charge in [0.15, 0.2) is 0 Å². The van der Waals surface area contributed by atoms with Crippen LogP contribution in [0.15, 0.2) is 12.4 Å². The molecule has 0 aliphatic carbocycles. The summed E-state index contributed by atoms with van der Waals surface area (Å²) >= 11 is 0. The molecule has 132 valence electrons. The van der Waals surface area contributed by atoms with E-state index in [9.17, 15) is 9.59 Å². The highest BCUT2D eigenvalue weighted by Gasteiger charge is 2.36. The molecular formula is C17H27N5O2. The molecular weight excluding hydrogens is 306 g/mol. The van der Waals surface area contributed by atoms with Gasteiger partial charge in [0.1, 0.15) is 5.82 Å². The number of hydrogen-bond acceptors (Lipinski definition) is 4. The standard InChI is InChI=1S/C17H27N5O2/c1-3-21-12-14(11-16(21)23)17(24)22-7-4-6-20(9-10-22)13-15-18-5-8-19(15)2/h5,8,14H,3-4,6-7,9-13H2,1-2H3/t14-/m1/s1. The van der Waals surface area contributed by atoms with Gasteiger partial charge in [0.2, 0.25) is 11.8 Å². The van der Waals surface area contributed by atoms with Crippen LogP contribution < -0.4 is 0 Å². The normalized spacial score (nSPS) is 22.9. The second-order valence-electron chi connectivity index (χ2n) is 6.74. The minimum atomic E-state index is -0.154. The lowest BCUT2D eigenvalue weighted by atomic mass is 10.1. The summed E-state index contributed by atoms with van der Waals surface area (Å²) in [5.74, 6) is 1.16. The van der Waals surface area contributed by atoms with E-state index in [1.807, 2.05) is 35.8 Å². The average Bonchev–Trinajstić information content (AvgIpc) is 3.06. The highest BCUT2D eigenvalue weighted by Crippen LogP contribution is 2.21. The molecule has 2 fully saturated rings. The maximum Gasteiger partial charge on any atom is 0.228 e. The lowest BCUT2D eigenvalue weighted by molar-refractivity contribution is -0.135. The van der Waals surface area contributed by atoms with Gasteiger partial charge in [0, 0.05) is 65.1 Å². The minimum Gasteiger partial charge on any atom is -0.342 e. The Morgan fingerprint density at radius 3 is 2.79 bits per heavy atom. The van der Waals surface area contributed by atoms with Gasteiger partial charge >= 0.3 is 0 Å². The quantitative estimate of drug-likeness (QED) is 0.796. The summed E-state index contributed by atoms with van der Waals surface area (Å²) in [6.07, 6.45) is 5.12. The van der Waals surface area contributed by atoms with Crippen LogP contribution >= 0.6 is 0 Å². The Labute approximate surface area is 143 Å². The number of carbonyl (C=O) groups excluding carboxylic acids is 2. The van der Waals surface area contributed by atoms with Gasteiger partial charge in [-0.2, -0.15) is 0 Å². The molecule has 1 aromatic rings. The summed E-state index contributed by atoms with van der Waals surface area (Å²) in [6, 6.07) is 0. The Kier molecular flexibility index (Phi) is 5.18. The fraction of sp³-hybridized carbons (Fsp3) is 0.706. The molecule has 1 aromatic heterocycles. The number of rotatable bonds is 4. The number of likely N-dealkylation sites (tertiary alicyclic amines) is 1. The van der Waals surface area contributed by atoms with Gasteiger partial charge < -0.3 is 14.4 Å². The predicted molar refractivity (Wildman–Crippen MR) is 90.0 cm³/mol. The van der Waals surface area contributed by atoms with Gasteiger partial charge in [0.05, 0.1) is 12.5 Å². The van der Waals surface area contributed by atoms with E-state index < -0.39 is 0 Å². The monoisotopic (exact) mass is 333 g/mol. The number of nitrogens with zero attached hydrogens (tertiary/aromatic N) is 5. The lowest BCUT2D eigenvalue weighted by Crippen LogP contribution is -2.40. The molecule has 2 aliphatic heterocycles. The van der Waals surface area contributed by atoms with Crippen LogP contribution in [-0.4, -0.2) is 75.3 Å². The van der Waals surface area contributed by atoms with Gasteiger partial charge in [-0.1, -0.05) is 0 Å². The molecule has 2 saturated heterocycles. The van der Waals surface area contributed by atoms with Crippen LogP contribution in [0, 0.1) is 5.92 Å². The first-order valence-electron chi connectivity index (χ1n) is 8.83. The van der Waals surface area contributed by atoms with Crippen LogP contribution in [0.25, 0.3) is 0 Å². The van der Waals surface area contributed by atoms with Crippen molar-refractivity contribution in [2.24, 2.45) is 13.0 Å². The van der Waals surface area contributed by atoms with E-state index in [-0.39, 0.29) is 17.7 Å². The molecule has 0 spiro atoms. The molecule has 3 rings (SSSR count). The number of aryl methyl sites for hydroxylation is 1. The van der Waals surface area contributed by atoms with Crippen molar-refractivity contribution in [2.75, 3.05) is 39.3 Å². The molecule has 24 heavy (non-hydrogen) atoms. The molecule has 2 aliphatic rings. The van der Waals surface area contributed by atoms with Gasteiger partial charge in [-0.05, 0) is 13.3 Å². The lowest BCUT2D eigenvalue weighted by Gasteiger charge is -2.24.